The molecule has 2 heterocycles. The number of imidazole rings is 1. The van der Waals surface area contributed by atoms with Crippen LogP contribution in [0.5, 0.6) is 0 Å². The maximum atomic E-state index is 13.7. The number of nitrogens with one attached hydrogen (secondary N) is 1. The quantitative estimate of drug-likeness (QED) is 0.329. The highest BCUT2D eigenvalue weighted by atomic mass is 32.1. The van der Waals surface area contributed by atoms with Crippen LogP contribution in [0.3, 0.4) is 0 Å². The van der Waals surface area contributed by atoms with Gasteiger partial charge in [0.1, 0.15) is 7.85 Å². The number of carbonyl (C=O) groups is 1. The van der Waals surface area contributed by atoms with Crippen LogP contribution >= 0.6 is 11.3 Å². The van der Waals surface area contributed by atoms with E-state index in [1.165, 1.54) is 0 Å². The van der Waals surface area contributed by atoms with Crippen molar-refractivity contribution in [3.8, 4) is 0 Å². The van der Waals surface area contributed by atoms with E-state index in [0.29, 0.717) is 19.6 Å². The number of carbonyl (C=O) groups excluding carboxylic acids is 1. The Bertz CT molecular complexity index is 1400. The van der Waals surface area contributed by atoms with Gasteiger partial charge in [0.05, 0.1) is 40.8 Å². The Labute approximate surface area is 190 Å². The molecule has 1 N–H and O–H groups in total. The number of rotatable bonds is 8. The van der Waals surface area contributed by atoms with Crippen molar-refractivity contribution >= 4 is 51.9 Å². The molecule has 0 aliphatic rings. The Morgan fingerprint density at radius 3 is 2.66 bits per heavy atom. The third-order valence-corrected chi connectivity index (χ3v) is 6.61. The molecule has 0 unspecified atom stereocenters. The standard InChI is InChI=1S/C23H26BN3O4S/c1-3-7-16(12-20(28)31-4-2)27-19-9-6-5-8-18(19)26(23(27)30)13-14-10-15(24)11-17-21(14)32-22(29)25-17/h5-6,8-11,16H,3-4,7,12-13,24H2,1-2H3,(H,25,29)/t16-/m0/s1. The van der Waals surface area contributed by atoms with Crippen molar-refractivity contribution in [2.75, 3.05) is 6.61 Å². The van der Waals surface area contributed by atoms with Crippen molar-refractivity contribution in [2.24, 2.45) is 0 Å². The SMILES string of the molecule is Bc1cc(Cn2c(=O)n([C@@H](CCC)CC(=O)OCC)c3ccccc32)c2sc(=O)[nH]c2c1. The van der Waals surface area contributed by atoms with Crippen LogP contribution in [0, 0.1) is 0 Å². The van der Waals surface area contributed by atoms with Crippen LogP contribution in [-0.2, 0) is 16.1 Å². The van der Waals surface area contributed by atoms with Crippen LogP contribution in [0.2, 0.25) is 0 Å². The Hall–Kier alpha value is -3.07. The van der Waals surface area contributed by atoms with Crippen molar-refractivity contribution in [1.29, 1.82) is 0 Å². The summed E-state index contributed by atoms with van der Waals surface area (Å²) in [7, 11) is 1.97. The molecule has 0 fully saturated rings. The number of esters is 1. The lowest BCUT2D eigenvalue weighted by Crippen LogP contribution is -2.29. The number of benzene rings is 2. The summed E-state index contributed by atoms with van der Waals surface area (Å²) in [5, 5.41) is 0. The van der Waals surface area contributed by atoms with E-state index in [-0.39, 0.29) is 29.0 Å². The number of para-hydroxylation sites is 2. The Kier molecular flexibility index (Phi) is 6.37. The molecule has 0 bridgehead atoms. The minimum atomic E-state index is -0.299. The number of H-pyrrole nitrogens is 1. The first-order valence-electron chi connectivity index (χ1n) is 10.9. The number of hydrogen-bond acceptors (Lipinski definition) is 5. The maximum absolute atomic E-state index is 13.7. The number of hydrogen-bond donors (Lipinski definition) is 1. The smallest absolute Gasteiger partial charge is 0.329 e. The number of ether oxygens (including phenoxy) is 1. The van der Waals surface area contributed by atoms with Gasteiger partial charge >= 0.3 is 16.5 Å². The average Bonchev–Trinajstić information content (AvgIpc) is 3.25. The monoisotopic (exact) mass is 451 g/mol. The first-order chi connectivity index (χ1) is 15.4. The zero-order valence-electron chi connectivity index (χ0n) is 18.5. The van der Waals surface area contributed by atoms with E-state index in [2.05, 4.69) is 4.98 Å². The number of fused-ring (bicyclic) bond motifs is 2. The van der Waals surface area contributed by atoms with E-state index in [0.717, 1.165) is 50.0 Å². The molecule has 0 spiro atoms. The molecule has 9 heteroatoms. The second-order valence-electron chi connectivity index (χ2n) is 7.99. The van der Waals surface area contributed by atoms with E-state index in [9.17, 15) is 14.4 Å². The number of thiazole rings is 1. The van der Waals surface area contributed by atoms with Gasteiger partial charge in [-0.05, 0) is 37.1 Å². The third-order valence-electron chi connectivity index (χ3n) is 5.63. The Morgan fingerprint density at radius 2 is 1.94 bits per heavy atom. The van der Waals surface area contributed by atoms with Gasteiger partial charge in [-0.2, -0.15) is 0 Å². The maximum Gasteiger partial charge on any atom is 0.329 e. The summed E-state index contributed by atoms with van der Waals surface area (Å²) < 4.78 is 9.50. The predicted molar refractivity (Wildman–Crippen MR) is 131 cm³/mol. The van der Waals surface area contributed by atoms with Crippen molar-refractivity contribution < 1.29 is 9.53 Å². The van der Waals surface area contributed by atoms with Gasteiger partial charge in [-0.25, -0.2) is 4.79 Å². The van der Waals surface area contributed by atoms with E-state index >= 15 is 0 Å². The van der Waals surface area contributed by atoms with Gasteiger partial charge in [0.25, 0.3) is 0 Å². The number of nitrogens with zero attached hydrogens (tertiary/aromatic N) is 2. The summed E-state index contributed by atoms with van der Waals surface area (Å²) in [5.74, 6) is -0.299. The van der Waals surface area contributed by atoms with Gasteiger partial charge in [0, 0.05) is 6.04 Å². The highest BCUT2D eigenvalue weighted by molar-refractivity contribution is 7.16. The second-order valence-corrected chi connectivity index (χ2v) is 8.98. The molecule has 4 aromatic rings. The van der Waals surface area contributed by atoms with E-state index in [1.807, 2.05) is 51.2 Å². The summed E-state index contributed by atoms with van der Waals surface area (Å²) in [4.78, 5) is 40.6. The fourth-order valence-electron chi connectivity index (χ4n) is 4.38. The molecule has 2 aromatic carbocycles. The van der Waals surface area contributed by atoms with E-state index in [1.54, 1.807) is 16.1 Å². The highest BCUT2D eigenvalue weighted by Gasteiger charge is 2.23. The minimum absolute atomic E-state index is 0.112. The molecule has 7 nitrogen and oxygen atoms in total. The molecular weight excluding hydrogens is 425 g/mol. The van der Waals surface area contributed by atoms with Gasteiger partial charge in [-0.1, -0.05) is 48.3 Å². The first kappa shape index (κ1) is 22.1. The average molecular weight is 451 g/mol. The third kappa shape index (κ3) is 4.17. The van der Waals surface area contributed by atoms with Crippen LogP contribution in [0.15, 0.2) is 46.0 Å². The van der Waals surface area contributed by atoms with E-state index in [4.69, 9.17) is 4.74 Å². The molecular formula is C23H26BN3O4S. The van der Waals surface area contributed by atoms with Gasteiger partial charge in [0.15, 0.2) is 0 Å². The highest BCUT2D eigenvalue weighted by Crippen LogP contribution is 2.25. The van der Waals surface area contributed by atoms with Crippen molar-refractivity contribution in [3.05, 3.63) is 62.1 Å². The molecule has 2 aromatic heterocycles. The lowest BCUT2D eigenvalue weighted by atomic mass is 9.94. The topological polar surface area (TPSA) is 86.1 Å². The zero-order valence-corrected chi connectivity index (χ0v) is 19.3. The van der Waals surface area contributed by atoms with Crippen molar-refractivity contribution in [3.63, 3.8) is 0 Å². The predicted octanol–water partition coefficient (Wildman–Crippen LogP) is 2.31. The van der Waals surface area contributed by atoms with Crippen LogP contribution in [0.4, 0.5) is 0 Å². The number of aromatic amines is 1. The van der Waals surface area contributed by atoms with Gasteiger partial charge in [-0.15, -0.1) is 0 Å². The fraction of sp³-hybridized carbons (Fsp3) is 0.348. The molecule has 166 valence electrons. The molecule has 4 rings (SSSR count). The summed E-state index contributed by atoms with van der Waals surface area (Å²) in [6, 6.07) is 11.3. The first-order valence-corrected chi connectivity index (χ1v) is 11.7. The normalized spacial score (nSPS) is 12.4. The largest absolute Gasteiger partial charge is 0.466 e. The van der Waals surface area contributed by atoms with Crippen LogP contribution in [0.1, 0.15) is 44.7 Å². The molecule has 1 atom stereocenters. The lowest BCUT2D eigenvalue weighted by molar-refractivity contribution is -0.144. The van der Waals surface area contributed by atoms with Crippen molar-refractivity contribution in [1.82, 2.24) is 14.1 Å². The molecule has 0 amide bonds. The zero-order chi connectivity index (χ0) is 22.8. The molecule has 0 radical (unpaired) electrons. The van der Waals surface area contributed by atoms with Crippen LogP contribution in [-0.4, -0.2) is 34.5 Å². The summed E-state index contributed by atoms with van der Waals surface area (Å²) >= 11 is 1.16. The molecule has 32 heavy (non-hydrogen) atoms. The number of aromatic nitrogens is 3. The summed E-state index contributed by atoms with van der Waals surface area (Å²) in [6.45, 7) is 4.48. The fourth-order valence-corrected chi connectivity index (χ4v) is 5.20. The summed E-state index contributed by atoms with van der Waals surface area (Å²) in [5.41, 5.74) is 4.17. The lowest BCUT2D eigenvalue weighted by Gasteiger charge is -2.17. The molecule has 0 aliphatic carbocycles. The van der Waals surface area contributed by atoms with Crippen LogP contribution < -0.4 is 16.0 Å². The Balaban J connectivity index is 1.86. The van der Waals surface area contributed by atoms with Crippen LogP contribution in [0.25, 0.3) is 21.3 Å². The Morgan fingerprint density at radius 1 is 1.19 bits per heavy atom. The van der Waals surface area contributed by atoms with Gasteiger partial charge in [0.2, 0.25) is 0 Å². The summed E-state index contributed by atoms with van der Waals surface area (Å²) in [6.07, 6.45) is 1.69. The second kappa shape index (κ2) is 9.20. The van der Waals surface area contributed by atoms with Gasteiger partial charge in [-0.3, -0.25) is 18.7 Å². The van der Waals surface area contributed by atoms with E-state index < -0.39 is 0 Å². The molecule has 0 saturated heterocycles. The molecule has 0 aliphatic heterocycles. The van der Waals surface area contributed by atoms with Gasteiger partial charge < -0.3 is 9.72 Å². The molecule has 0 saturated carbocycles. The van der Waals surface area contributed by atoms with Crippen molar-refractivity contribution in [2.45, 2.75) is 45.7 Å². The minimum Gasteiger partial charge on any atom is -0.466 e.